The van der Waals surface area contributed by atoms with Crippen molar-refractivity contribution in [3.8, 4) is 10.7 Å². The van der Waals surface area contributed by atoms with E-state index in [1.165, 1.54) is 6.07 Å². The topological polar surface area (TPSA) is 118 Å². The van der Waals surface area contributed by atoms with E-state index in [0.717, 1.165) is 22.5 Å². The van der Waals surface area contributed by atoms with Gasteiger partial charge in [0.15, 0.2) is 5.82 Å². The molecule has 0 atom stereocenters. The number of benzene rings is 1. The first kappa shape index (κ1) is 19.6. The summed E-state index contributed by atoms with van der Waals surface area (Å²) in [6.07, 6.45) is 0. The number of halogens is 1. The molecule has 0 aliphatic heterocycles. The normalized spacial score (nSPS) is 11.9. The van der Waals surface area contributed by atoms with Crippen molar-refractivity contribution >= 4 is 49.7 Å². The molecule has 2 N–H and O–H groups in total. The van der Waals surface area contributed by atoms with E-state index >= 15 is 0 Å². The lowest BCUT2D eigenvalue weighted by Gasteiger charge is -2.08. The van der Waals surface area contributed by atoms with Gasteiger partial charge in [0.2, 0.25) is 0 Å². The van der Waals surface area contributed by atoms with Gasteiger partial charge in [-0.1, -0.05) is 22.8 Å². The smallest absolute Gasteiger partial charge is 0.265 e. The van der Waals surface area contributed by atoms with Gasteiger partial charge in [0.25, 0.3) is 21.5 Å². The second kappa shape index (κ2) is 6.97. The van der Waals surface area contributed by atoms with Crippen LogP contribution in [-0.4, -0.2) is 23.5 Å². The highest BCUT2D eigenvalue weighted by molar-refractivity contribution is 7.93. The maximum absolute atomic E-state index is 12.9. The van der Waals surface area contributed by atoms with Gasteiger partial charge in [-0.2, -0.15) is 0 Å². The summed E-state index contributed by atoms with van der Waals surface area (Å²) in [7, 11) is -4.06. The van der Waals surface area contributed by atoms with Crippen LogP contribution in [-0.2, 0) is 10.0 Å². The van der Waals surface area contributed by atoms with Crippen LogP contribution in [0.1, 0.15) is 16.8 Å². The molecule has 0 bridgehead atoms. The number of thiophene rings is 1. The summed E-state index contributed by atoms with van der Waals surface area (Å²) in [5.41, 5.74) is 2.32. The van der Waals surface area contributed by atoms with E-state index in [1.807, 2.05) is 19.9 Å². The molecule has 4 rings (SSSR count). The molecule has 0 saturated heterocycles. The van der Waals surface area contributed by atoms with Crippen molar-refractivity contribution in [2.75, 3.05) is 4.72 Å². The van der Waals surface area contributed by atoms with Gasteiger partial charge in [-0.25, -0.2) is 18.1 Å². The molecule has 3 aromatic heterocycles. The average Bonchev–Trinajstić information content (AvgIpc) is 3.26. The molecular weight excluding hydrogens is 436 g/mol. The molecule has 150 valence electrons. The molecule has 0 aliphatic carbocycles. The molecular formula is C18H15ClN4O4S2. The highest BCUT2D eigenvalue weighted by Crippen LogP contribution is 2.34. The van der Waals surface area contributed by atoms with Crippen LogP contribution in [0.25, 0.3) is 21.6 Å². The number of aromatic amines is 1. The quantitative estimate of drug-likeness (QED) is 0.484. The first-order valence-corrected chi connectivity index (χ1v) is 11.1. The van der Waals surface area contributed by atoms with Crippen LogP contribution in [0.4, 0.5) is 5.88 Å². The van der Waals surface area contributed by atoms with Crippen LogP contribution in [0.2, 0.25) is 5.02 Å². The molecule has 0 spiro atoms. The van der Waals surface area contributed by atoms with Gasteiger partial charge in [0.05, 0.1) is 15.8 Å². The lowest BCUT2D eigenvalue weighted by atomic mass is 10.1. The molecule has 8 nitrogen and oxygen atoms in total. The number of H-pyrrole nitrogens is 1. The van der Waals surface area contributed by atoms with Gasteiger partial charge in [-0.05, 0) is 49.4 Å². The highest BCUT2D eigenvalue weighted by Gasteiger charge is 2.26. The third-order valence-corrected chi connectivity index (χ3v) is 7.17. The number of nitrogens with zero attached hydrogens (tertiary/aromatic N) is 2. The van der Waals surface area contributed by atoms with Crippen molar-refractivity contribution in [1.29, 1.82) is 0 Å². The van der Waals surface area contributed by atoms with E-state index in [2.05, 4.69) is 19.8 Å². The summed E-state index contributed by atoms with van der Waals surface area (Å²) in [5.74, 6) is -0.00252. The number of nitrogens with one attached hydrogen (secondary N) is 2. The Morgan fingerprint density at radius 3 is 2.69 bits per heavy atom. The summed E-state index contributed by atoms with van der Waals surface area (Å²) >= 11 is 7.15. The maximum Gasteiger partial charge on any atom is 0.265 e. The molecule has 0 amide bonds. The van der Waals surface area contributed by atoms with Gasteiger partial charge in [-0.15, -0.1) is 11.3 Å². The van der Waals surface area contributed by atoms with E-state index in [4.69, 9.17) is 16.1 Å². The Morgan fingerprint density at radius 1 is 1.24 bits per heavy atom. The summed E-state index contributed by atoms with van der Waals surface area (Å²) < 4.78 is 33.0. The Kier molecular flexibility index (Phi) is 4.72. The molecule has 0 aliphatic rings. The minimum Gasteiger partial charge on any atom is -0.336 e. The summed E-state index contributed by atoms with van der Waals surface area (Å²) in [4.78, 5) is 20.1. The zero-order valence-electron chi connectivity index (χ0n) is 15.5. The van der Waals surface area contributed by atoms with Crippen LogP contribution in [0.5, 0.6) is 0 Å². The molecule has 0 unspecified atom stereocenters. The van der Waals surface area contributed by atoms with Crippen molar-refractivity contribution in [3.05, 3.63) is 55.8 Å². The molecule has 3 heterocycles. The molecule has 1 aromatic carbocycles. The summed E-state index contributed by atoms with van der Waals surface area (Å²) in [6, 6.07) is 5.09. The van der Waals surface area contributed by atoms with Crippen molar-refractivity contribution in [2.24, 2.45) is 0 Å². The Balaban J connectivity index is 1.84. The lowest BCUT2D eigenvalue weighted by molar-refractivity contribution is 0.430. The van der Waals surface area contributed by atoms with E-state index in [9.17, 15) is 13.2 Å². The number of aromatic nitrogens is 3. The number of hydrogen-bond acceptors (Lipinski definition) is 7. The van der Waals surface area contributed by atoms with E-state index < -0.39 is 10.0 Å². The summed E-state index contributed by atoms with van der Waals surface area (Å²) in [5, 5.41) is 5.76. The number of hydrogen-bond donors (Lipinski definition) is 2. The zero-order chi connectivity index (χ0) is 20.9. The predicted molar refractivity (Wildman–Crippen MR) is 112 cm³/mol. The average molecular weight is 451 g/mol. The largest absolute Gasteiger partial charge is 0.336 e. The van der Waals surface area contributed by atoms with Crippen molar-refractivity contribution in [1.82, 2.24) is 15.1 Å². The molecule has 11 heteroatoms. The van der Waals surface area contributed by atoms with Crippen molar-refractivity contribution < 1.29 is 12.9 Å². The van der Waals surface area contributed by atoms with E-state index in [0.29, 0.717) is 21.5 Å². The second-order valence-corrected chi connectivity index (χ2v) is 9.47. The molecule has 4 aromatic rings. The molecule has 0 fully saturated rings. The molecule has 0 radical (unpaired) electrons. The van der Waals surface area contributed by atoms with Crippen LogP contribution in [0.15, 0.2) is 37.8 Å². The number of sulfonamides is 1. The van der Waals surface area contributed by atoms with Gasteiger partial charge < -0.3 is 9.51 Å². The molecule has 0 saturated carbocycles. The van der Waals surface area contributed by atoms with E-state index in [1.54, 1.807) is 18.4 Å². The minimum absolute atomic E-state index is 0.0557. The monoisotopic (exact) mass is 450 g/mol. The van der Waals surface area contributed by atoms with E-state index in [-0.39, 0.29) is 27.2 Å². The predicted octanol–water partition coefficient (Wildman–Crippen LogP) is 4.02. The van der Waals surface area contributed by atoms with Gasteiger partial charge in [-0.3, -0.25) is 4.79 Å². The fourth-order valence-corrected chi connectivity index (χ4v) is 5.53. The Hall–Kier alpha value is -2.69. The van der Waals surface area contributed by atoms with Crippen LogP contribution in [0, 0.1) is 20.8 Å². The number of anilines is 1. The Morgan fingerprint density at radius 2 is 2.00 bits per heavy atom. The lowest BCUT2D eigenvalue weighted by Crippen LogP contribution is -2.15. The number of rotatable bonds is 4. The standard InChI is InChI=1S/C18H15ClN4O4S2/c1-8-6-9(2)14-11(7-8)17(24)21-16(20-14)15-12(4-5-28-15)29(25,26)23-18-13(19)10(3)22-27-18/h4-7,23H,1-3H3,(H,20,21,24). The van der Waals surface area contributed by atoms with Crippen LogP contribution < -0.4 is 10.3 Å². The fraction of sp³-hybridized carbons (Fsp3) is 0.167. The maximum atomic E-state index is 12.9. The number of fused-ring (bicyclic) bond motifs is 1. The number of aryl methyl sites for hydroxylation is 3. The second-order valence-electron chi connectivity index (χ2n) is 6.52. The fourth-order valence-electron chi connectivity index (χ4n) is 2.98. The van der Waals surface area contributed by atoms with Crippen molar-refractivity contribution in [2.45, 2.75) is 25.7 Å². The zero-order valence-corrected chi connectivity index (χ0v) is 17.9. The van der Waals surface area contributed by atoms with Gasteiger partial charge in [0.1, 0.15) is 15.6 Å². The summed E-state index contributed by atoms with van der Waals surface area (Å²) in [6.45, 7) is 5.34. The Labute approximate surface area is 174 Å². The Bertz CT molecular complexity index is 1420. The van der Waals surface area contributed by atoms with Crippen LogP contribution >= 0.6 is 22.9 Å². The van der Waals surface area contributed by atoms with Crippen molar-refractivity contribution in [3.63, 3.8) is 0 Å². The first-order valence-electron chi connectivity index (χ1n) is 8.41. The first-order chi connectivity index (χ1) is 13.7. The SMILES string of the molecule is Cc1cc(C)c2nc(-c3sccc3S(=O)(=O)Nc3onc(C)c3Cl)[nH]c(=O)c2c1. The van der Waals surface area contributed by atoms with Gasteiger partial charge in [0, 0.05) is 0 Å². The van der Waals surface area contributed by atoms with Crippen LogP contribution in [0.3, 0.4) is 0 Å². The third kappa shape index (κ3) is 3.43. The molecule has 29 heavy (non-hydrogen) atoms. The van der Waals surface area contributed by atoms with Gasteiger partial charge >= 0.3 is 0 Å². The highest BCUT2D eigenvalue weighted by atomic mass is 35.5. The third-order valence-electron chi connectivity index (χ3n) is 4.30. The minimum atomic E-state index is -4.06.